The van der Waals surface area contributed by atoms with Crippen LogP contribution in [0.5, 0.6) is 0 Å². The van der Waals surface area contributed by atoms with Crippen LogP contribution in [-0.4, -0.2) is 59.0 Å². The molecule has 1 spiro atoms. The lowest BCUT2D eigenvalue weighted by Crippen LogP contribution is -2.56. The second-order valence-corrected chi connectivity index (χ2v) is 9.46. The van der Waals surface area contributed by atoms with Gasteiger partial charge in [0, 0.05) is 18.6 Å². The van der Waals surface area contributed by atoms with Crippen molar-refractivity contribution in [1.29, 1.82) is 0 Å². The van der Waals surface area contributed by atoms with E-state index in [1.807, 2.05) is 12.2 Å². The van der Waals surface area contributed by atoms with Crippen molar-refractivity contribution in [3.63, 3.8) is 0 Å². The maximum absolute atomic E-state index is 13.5. The number of nitrogens with zero attached hydrogens (tertiary/aromatic N) is 1. The van der Waals surface area contributed by atoms with Crippen molar-refractivity contribution in [2.75, 3.05) is 6.54 Å². The summed E-state index contributed by atoms with van der Waals surface area (Å²) in [6, 6.07) is -0.435. The maximum Gasteiger partial charge on any atom is 0.246 e. The molecule has 162 valence electrons. The highest BCUT2D eigenvalue weighted by Gasteiger charge is 2.72. The van der Waals surface area contributed by atoms with Crippen molar-refractivity contribution in [3.8, 4) is 0 Å². The minimum atomic E-state index is -1.06. The molecule has 0 aromatic carbocycles. The highest BCUT2D eigenvalue weighted by Crippen LogP contribution is 2.55. The van der Waals surface area contributed by atoms with Crippen LogP contribution < -0.4 is 10.6 Å². The summed E-state index contributed by atoms with van der Waals surface area (Å²) >= 11 is 0. The summed E-state index contributed by atoms with van der Waals surface area (Å²) in [6.07, 6.45) is 13.3. The smallest absolute Gasteiger partial charge is 0.246 e. The van der Waals surface area contributed by atoms with Gasteiger partial charge in [-0.3, -0.25) is 14.4 Å². The lowest BCUT2D eigenvalue weighted by molar-refractivity contribution is -0.141. The molecular formula is C23H31N3O4. The topological polar surface area (TPSA) is 87.7 Å². The van der Waals surface area contributed by atoms with E-state index in [4.69, 9.17) is 4.74 Å². The number of carbonyl (C=O) groups is 3. The molecule has 30 heavy (non-hydrogen) atoms. The van der Waals surface area contributed by atoms with Crippen molar-refractivity contribution in [3.05, 3.63) is 24.8 Å². The Kier molecular flexibility index (Phi) is 4.96. The average molecular weight is 414 g/mol. The number of fused-ring (bicyclic) bond motifs is 1. The van der Waals surface area contributed by atoms with Crippen LogP contribution in [0.2, 0.25) is 0 Å². The van der Waals surface area contributed by atoms with Crippen molar-refractivity contribution in [2.45, 2.75) is 81.2 Å². The van der Waals surface area contributed by atoms with Crippen LogP contribution in [0, 0.1) is 11.8 Å². The molecule has 5 rings (SSSR count). The fourth-order valence-corrected chi connectivity index (χ4v) is 6.32. The third-order valence-electron chi connectivity index (χ3n) is 7.65. The van der Waals surface area contributed by atoms with Crippen molar-refractivity contribution >= 4 is 17.7 Å². The summed E-state index contributed by atoms with van der Waals surface area (Å²) in [5.41, 5.74) is -1.06. The van der Waals surface area contributed by atoms with Crippen LogP contribution in [-0.2, 0) is 19.1 Å². The number of nitrogens with one attached hydrogen (secondary N) is 2. The monoisotopic (exact) mass is 413 g/mol. The molecule has 0 radical (unpaired) electrons. The van der Waals surface area contributed by atoms with Gasteiger partial charge in [0.25, 0.3) is 0 Å². The fourth-order valence-electron chi connectivity index (χ4n) is 6.32. The van der Waals surface area contributed by atoms with Gasteiger partial charge >= 0.3 is 0 Å². The molecule has 5 atom stereocenters. The predicted octanol–water partition coefficient (Wildman–Crippen LogP) is 1.44. The molecule has 3 heterocycles. The number of ether oxygens (including phenoxy) is 1. The van der Waals surface area contributed by atoms with Crippen LogP contribution in [0.3, 0.4) is 0 Å². The van der Waals surface area contributed by atoms with Crippen LogP contribution in [0.15, 0.2) is 24.8 Å². The van der Waals surface area contributed by atoms with Crippen molar-refractivity contribution in [1.82, 2.24) is 15.5 Å². The highest BCUT2D eigenvalue weighted by atomic mass is 16.5. The second-order valence-electron chi connectivity index (χ2n) is 9.46. The van der Waals surface area contributed by atoms with Gasteiger partial charge in [-0.15, -0.1) is 6.58 Å². The lowest BCUT2D eigenvalue weighted by Gasteiger charge is -2.32. The normalized spacial score (nSPS) is 37.7. The van der Waals surface area contributed by atoms with Crippen LogP contribution in [0.1, 0.15) is 51.4 Å². The third-order valence-corrected chi connectivity index (χ3v) is 7.65. The fraction of sp³-hybridized carbons (Fsp3) is 0.696. The van der Waals surface area contributed by atoms with E-state index in [1.165, 1.54) is 0 Å². The molecule has 3 aliphatic heterocycles. The van der Waals surface area contributed by atoms with E-state index in [0.29, 0.717) is 0 Å². The standard InChI is InChI=1S/C23H31N3O4/c1-2-13-26-19(21(28)25-15-9-5-6-10-15)23-12-11-16(30-23)17(18(23)22(26)29)20(27)24-14-7-3-4-8-14/h2,11-12,14-19H,1,3-10,13H2,(H,24,27)(H,25,28)/t16-,17+,18-,19+,23-/m1/s1. The van der Waals surface area contributed by atoms with E-state index in [-0.39, 0.29) is 36.3 Å². The van der Waals surface area contributed by atoms with Crippen molar-refractivity contribution < 1.29 is 19.1 Å². The quantitative estimate of drug-likeness (QED) is 0.645. The number of hydrogen-bond donors (Lipinski definition) is 2. The maximum atomic E-state index is 13.5. The first-order valence-electron chi connectivity index (χ1n) is 11.4. The summed E-state index contributed by atoms with van der Waals surface area (Å²) in [5, 5.41) is 6.28. The summed E-state index contributed by atoms with van der Waals surface area (Å²) in [4.78, 5) is 41.6. The van der Waals surface area contributed by atoms with Gasteiger partial charge in [-0.25, -0.2) is 0 Å². The number of carbonyl (C=O) groups excluding carboxylic acids is 3. The Morgan fingerprint density at radius 3 is 2.30 bits per heavy atom. The molecule has 0 unspecified atom stereocenters. The largest absolute Gasteiger partial charge is 0.359 e. The Morgan fingerprint density at radius 2 is 1.70 bits per heavy atom. The van der Waals surface area contributed by atoms with Crippen LogP contribution in [0.4, 0.5) is 0 Å². The van der Waals surface area contributed by atoms with Gasteiger partial charge in [-0.2, -0.15) is 0 Å². The minimum absolute atomic E-state index is 0.119. The van der Waals surface area contributed by atoms with E-state index in [2.05, 4.69) is 17.2 Å². The molecule has 5 aliphatic rings. The summed E-state index contributed by atoms with van der Waals surface area (Å²) < 4.78 is 6.30. The molecule has 2 bridgehead atoms. The van der Waals surface area contributed by atoms with E-state index >= 15 is 0 Å². The Labute approximate surface area is 177 Å². The van der Waals surface area contributed by atoms with E-state index < -0.39 is 29.6 Å². The highest BCUT2D eigenvalue weighted by molar-refractivity contribution is 6.00. The molecule has 0 aromatic rings. The van der Waals surface area contributed by atoms with Crippen LogP contribution in [0.25, 0.3) is 0 Å². The molecule has 3 amide bonds. The number of amides is 3. The van der Waals surface area contributed by atoms with Gasteiger partial charge in [-0.05, 0) is 25.7 Å². The van der Waals surface area contributed by atoms with Gasteiger partial charge < -0.3 is 20.3 Å². The van der Waals surface area contributed by atoms with Gasteiger partial charge in [0.1, 0.15) is 11.6 Å². The van der Waals surface area contributed by atoms with Gasteiger partial charge in [0.2, 0.25) is 17.7 Å². The SMILES string of the molecule is C=CCN1C(=O)[C@H]2[C@@H](C(=O)NC3CCCC3)[C@H]3C=C[C@]2(O3)[C@@H]1C(=O)NC1CCCC1. The summed E-state index contributed by atoms with van der Waals surface area (Å²) in [5.74, 6) is -1.72. The van der Waals surface area contributed by atoms with E-state index in [9.17, 15) is 14.4 Å². The Hall–Kier alpha value is -2.15. The zero-order chi connectivity index (χ0) is 20.9. The summed E-state index contributed by atoms with van der Waals surface area (Å²) in [6.45, 7) is 4.03. The molecule has 4 fully saturated rings. The van der Waals surface area contributed by atoms with Gasteiger partial charge in [-0.1, -0.05) is 43.9 Å². The third kappa shape index (κ3) is 2.93. The minimum Gasteiger partial charge on any atom is -0.359 e. The molecule has 0 aromatic heterocycles. The number of rotatable bonds is 6. The first kappa shape index (κ1) is 19.8. The molecule has 7 heteroatoms. The first-order chi connectivity index (χ1) is 14.5. The Morgan fingerprint density at radius 1 is 1.10 bits per heavy atom. The van der Waals surface area contributed by atoms with Gasteiger partial charge in [0.15, 0.2) is 0 Å². The second kappa shape index (κ2) is 7.52. The van der Waals surface area contributed by atoms with Crippen LogP contribution >= 0.6 is 0 Å². The zero-order valence-corrected chi connectivity index (χ0v) is 17.3. The predicted molar refractivity (Wildman–Crippen MR) is 110 cm³/mol. The molecule has 7 nitrogen and oxygen atoms in total. The summed E-state index contributed by atoms with van der Waals surface area (Å²) in [7, 11) is 0. The lowest BCUT2D eigenvalue weighted by atomic mass is 9.74. The molecule has 2 N–H and O–H groups in total. The van der Waals surface area contributed by atoms with E-state index in [1.54, 1.807) is 11.0 Å². The van der Waals surface area contributed by atoms with E-state index in [0.717, 1.165) is 51.4 Å². The first-order valence-corrected chi connectivity index (χ1v) is 11.4. The molecular weight excluding hydrogens is 382 g/mol. The molecule has 2 saturated carbocycles. The number of likely N-dealkylation sites (tertiary alicyclic amines) is 1. The number of hydrogen-bond acceptors (Lipinski definition) is 4. The molecule has 2 saturated heterocycles. The zero-order valence-electron chi connectivity index (χ0n) is 17.3. The Bertz CT molecular complexity index is 783. The van der Waals surface area contributed by atoms with Gasteiger partial charge in [0.05, 0.1) is 17.9 Å². The molecule has 2 aliphatic carbocycles. The van der Waals surface area contributed by atoms with Crippen molar-refractivity contribution in [2.24, 2.45) is 11.8 Å². The average Bonchev–Trinajstić information content (AvgIpc) is 3.51. The Balaban J connectivity index is 1.42.